The molecule has 0 aliphatic carbocycles. The lowest BCUT2D eigenvalue weighted by atomic mass is 10.1. The van der Waals surface area contributed by atoms with E-state index in [1.807, 2.05) is 36.5 Å². The molecule has 1 aromatic carbocycles. The molecule has 5 heteroatoms. The predicted molar refractivity (Wildman–Crippen MR) is 87.9 cm³/mol. The van der Waals surface area contributed by atoms with Crippen molar-refractivity contribution in [2.24, 2.45) is 0 Å². The Hall–Kier alpha value is -1.78. The van der Waals surface area contributed by atoms with Crippen molar-refractivity contribution in [3.8, 4) is 16.9 Å². The van der Waals surface area contributed by atoms with Gasteiger partial charge in [-0.05, 0) is 43.1 Å². The van der Waals surface area contributed by atoms with E-state index in [-0.39, 0.29) is 12.4 Å². The van der Waals surface area contributed by atoms with E-state index in [4.69, 9.17) is 10.5 Å². The van der Waals surface area contributed by atoms with Crippen molar-refractivity contribution in [3.63, 3.8) is 0 Å². The summed E-state index contributed by atoms with van der Waals surface area (Å²) < 4.78 is 5.83. The number of nitrogens with two attached hydrogens (primary N) is 1. The van der Waals surface area contributed by atoms with Gasteiger partial charge in [0.25, 0.3) is 0 Å². The molecule has 21 heavy (non-hydrogen) atoms. The number of hydrogen-bond donors (Lipinski definition) is 2. The summed E-state index contributed by atoms with van der Waals surface area (Å²) in [7, 11) is 0. The highest BCUT2D eigenvalue weighted by atomic mass is 35.5. The summed E-state index contributed by atoms with van der Waals surface area (Å²) in [6.07, 6.45) is 6.00. The monoisotopic (exact) mass is 305 g/mol. The Morgan fingerprint density at radius 1 is 1.24 bits per heavy atom. The molecule has 1 fully saturated rings. The molecule has 0 bridgehead atoms. The number of benzene rings is 1. The van der Waals surface area contributed by atoms with Crippen molar-refractivity contribution in [3.05, 3.63) is 42.7 Å². The highest BCUT2D eigenvalue weighted by Crippen LogP contribution is 2.24. The van der Waals surface area contributed by atoms with Gasteiger partial charge in [0.15, 0.2) is 0 Å². The summed E-state index contributed by atoms with van der Waals surface area (Å²) in [5, 5.41) is 3.42. The van der Waals surface area contributed by atoms with Gasteiger partial charge in [-0.1, -0.05) is 12.1 Å². The number of rotatable bonds is 4. The molecule has 0 saturated carbocycles. The second kappa shape index (κ2) is 7.29. The van der Waals surface area contributed by atoms with E-state index < -0.39 is 0 Å². The van der Waals surface area contributed by atoms with E-state index in [0.717, 1.165) is 29.1 Å². The molecular weight excluding hydrogens is 286 g/mol. The largest absolute Gasteiger partial charge is 0.490 e. The van der Waals surface area contributed by atoms with E-state index >= 15 is 0 Å². The molecule has 0 spiro atoms. The minimum absolute atomic E-state index is 0. The van der Waals surface area contributed by atoms with Gasteiger partial charge in [0.05, 0.1) is 6.20 Å². The fourth-order valence-electron chi connectivity index (χ4n) is 2.47. The first-order chi connectivity index (χ1) is 9.81. The zero-order valence-electron chi connectivity index (χ0n) is 11.8. The Balaban J connectivity index is 0.00000161. The van der Waals surface area contributed by atoms with Gasteiger partial charge in [-0.2, -0.15) is 0 Å². The van der Waals surface area contributed by atoms with Crippen LogP contribution in [0.1, 0.15) is 12.8 Å². The average Bonchev–Trinajstić information content (AvgIpc) is 2.99. The molecular formula is C16H20ClN3O. The second-order valence-electron chi connectivity index (χ2n) is 5.14. The van der Waals surface area contributed by atoms with Crippen LogP contribution < -0.4 is 15.8 Å². The smallest absolute Gasteiger partial charge is 0.138 e. The first kappa shape index (κ1) is 15.6. The lowest BCUT2D eigenvalue weighted by Crippen LogP contribution is -2.28. The number of hydrogen-bond acceptors (Lipinski definition) is 4. The first-order valence-corrected chi connectivity index (χ1v) is 6.98. The van der Waals surface area contributed by atoms with E-state index in [2.05, 4.69) is 10.3 Å². The minimum Gasteiger partial charge on any atom is -0.490 e. The fraction of sp³-hybridized carbons (Fsp3) is 0.312. The molecule has 0 amide bonds. The zero-order valence-corrected chi connectivity index (χ0v) is 12.6. The van der Waals surface area contributed by atoms with Gasteiger partial charge in [0.2, 0.25) is 0 Å². The third-order valence-electron chi connectivity index (χ3n) is 3.55. The van der Waals surface area contributed by atoms with Crippen molar-refractivity contribution in [1.82, 2.24) is 10.3 Å². The van der Waals surface area contributed by atoms with Crippen molar-refractivity contribution in [2.45, 2.75) is 18.9 Å². The summed E-state index contributed by atoms with van der Waals surface area (Å²) in [5.41, 5.74) is 8.65. The van der Waals surface area contributed by atoms with Gasteiger partial charge in [0, 0.05) is 23.5 Å². The maximum absolute atomic E-state index is 5.83. The molecule has 2 aromatic rings. The quantitative estimate of drug-likeness (QED) is 0.853. The Morgan fingerprint density at radius 2 is 2.14 bits per heavy atom. The third kappa shape index (κ3) is 4.09. The highest BCUT2D eigenvalue weighted by Gasteiger charge is 2.14. The molecule has 1 saturated heterocycles. The summed E-state index contributed by atoms with van der Waals surface area (Å²) in [5.74, 6) is 0.804. The van der Waals surface area contributed by atoms with Crippen LogP contribution in [0.15, 0.2) is 42.7 Å². The topological polar surface area (TPSA) is 60.2 Å². The summed E-state index contributed by atoms with van der Waals surface area (Å²) in [6, 6.07) is 10.3. The number of halogens is 1. The molecule has 0 unspecified atom stereocenters. The van der Waals surface area contributed by atoms with E-state index in [1.165, 1.54) is 12.8 Å². The molecule has 112 valence electrons. The normalized spacial score (nSPS) is 17.2. The molecule has 1 aliphatic heterocycles. The lowest BCUT2D eigenvalue weighted by Gasteiger charge is -2.12. The van der Waals surface area contributed by atoms with Gasteiger partial charge in [-0.15, -0.1) is 12.4 Å². The molecule has 2 heterocycles. The van der Waals surface area contributed by atoms with Gasteiger partial charge in [0.1, 0.15) is 12.4 Å². The number of nitrogens with one attached hydrogen (secondary N) is 1. The number of anilines is 1. The van der Waals surface area contributed by atoms with Crippen molar-refractivity contribution in [1.29, 1.82) is 0 Å². The van der Waals surface area contributed by atoms with Crippen LogP contribution in [0.25, 0.3) is 11.1 Å². The molecule has 1 aliphatic rings. The molecule has 3 N–H and O–H groups in total. The molecule has 1 aromatic heterocycles. The number of nitrogens with zero attached hydrogens (tertiary/aromatic N) is 1. The lowest BCUT2D eigenvalue weighted by molar-refractivity contribution is 0.276. The number of pyridine rings is 1. The third-order valence-corrected chi connectivity index (χ3v) is 3.55. The second-order valence-corrected chi connectivity index (χ2v) is 5.14. The number of aromatic nitrogens is 1. The van der Waals surface area contributed by atoms with E-state index in [9.17, 15) is 0 Å². The standard InChI is InChI=1S/C16H19N3O.ClH/c17-14-4-1-3-12(7-14)13-8-16(10-18-9-13)20-11-15-5-2-6-19-15;/h1,3-4,7-10,15,19H,2,5-6,11,17H2;1H/t15-;/m0./s1. The summed E-state index contributed by atoms with van der Waals surface area (Å²) in [4.78, 5) is 4.25. The van der Waals surface area contributed by atoms with Crippen LogP contribution in [-0.4, -0.2) is 24.2 Å². The molecule has 3 rings (SSSR count). The van der Waals surface area contributed by atoms with Crippen LogP contribution in [-0.2, 0) is 0 Å². The predicted octanol–water partition coefficient (Wildman–Crippen LogP) is 2.88. The van der Waals surface area contributed by atoms with Gasteiger partial charge in [-0.25, -0.2) is 0 Å². The zero-order chi connectivity index (χ0) is 13.8. The maximum Gasteiger partial charge on any atom is 0.138 e. The highest BCUT2D eigenvalue weighted by molar-refractivity contribution is 5.85. The Kier molecular flexibility index (Phi) is 5.42. The van der Waals surface area contributed by atoms with Gasteiger partial charge >= 0.3 is 0 Å². The van der Waals surface area contributed by atoms with Crippen LogP contribution in [0, 0.1) is 0 Å². The first-order valence-electron chi connectivity index (χ1n) is 6.98. The summed E-state index contributed by atoms with van der Waals surface area (Å²) >= 11 is 0. The van der Waals surface area contributed by atoms with Crippen molar-refractivity contribution < 1.29 is 4.74 Å². The van der Waals surface area contributed by atoms with Gasteiger partial charge in [-0.3, -0.25) is 4.98 Å². The van der Waals surface area contributed by atoms with Crippen LogP contribution >= 0.6 is 12.4 Å². The van der Waals surface area contributed by atoms with Crippen LogP contribution in [0.5, 0.6) is 5.75 Å². The van der Waals surface area contributed by atoms with Crippen molar-refractivity contribution >= 4 is 18.1 Å². The number of nitrogen functional groups attached to an aromatic ring is 1. The fourth-order valence-corrected chi connectivity index (χ4v) is 2.47. The van der Waals surface area contributed by atoms with Gasteiger partial charge < -0.3 is 15.8 Å². The molecule has 4 nitrogen and oxygen atoms in total. The minimum atomic E-state index is 0. The maximum atomic E-state index is 5.83. The van der Waals surface area contributed by atoms with Crippen LogP contribution in [0.4, 0.5) is 5.69 Å². The van der Waals surface area contributed by atoms with E-state index in [1.54, 1.807) is 6.20 Å². The number of ether oxygens (including phenoxy) is 1. The van der Waals surface area contributed by atoms with Crippen molar-refractivity contribution in [2.75, 3.05) is 18.9 Å². The Bertz CT molecular complexity index is 585. The molecule has 0 radical (unpaired) electrons. The van der Waals surface area contributed by atoms with Crippen LogP contribution in [0.3, 0.4) is 0 Å². The SMILES string of the molecule is Cl.Nc1cccc(-c2cncc(OC[C@@H]3CCCN3)c2)c1. The Labute approximate surface area is 131 Å². The van der Waals surface area contributed by atoms with Crippen LogP contribution in [0.2, 0.25) is 0 Å². The van der Waals surface area contributed by atoms with E-state index in [0.29, 0.717) is 12.6 Å². The Morgan fingerprint density at radius 3 is 2.90 bits per heavy atom. The average molecular weight is 306 g/mol. The summed E-state index contributed by atoms with van der Waals surface area (Å²) in [6.45, 7) is 1.79. The molecule has 1 atom stereocenters.